The number of halogens is 1. The maximum Gasteiger partial charge on any atom is 0.251 e. The number of nitrogens with one attached hydrogen (secondary N) is 1. The van der Waals surface area contributed by atoms with E-state index in [1.165, 1.54) is 19.3 Å². The molecule has 0 atom stereocenters. The van der Waals surface area contributed by atoms with E-state index in [1.807, 2.05) is 29.6 Å². The van der Waals surface area contributed by atoms with E-state index in [0.717, 1.165) is 22.8 Å². The minimum absolute atomic E-state index is 0.00837. The van der Waals surface area contributed by atoms with Crippen LogP contribution in [0, 0.1) is 5.92 Å². The zero-order valence-corrected chi connectivity index (χ0v) is 13.2. The molecule has 1 heterocycles. The van der Waals surface area contributed by atoms with Crippen molar-refractivity contribution in [3.8, 4) is 10.6 Å². The molecule has 1 N–H and O–H groups in total. The predicted molar refractivity (Wildman–Crippen MR) is 86.8 cm³/mol. The van der Waals surface area contributed by atoms with E-state index in [4.69, 9.17) is 11.6 Å². The molecule has 0 saturated heterocycles. The molecule has 0 radical (unpaired) electrons. The first-order valence-corrected chi connectivity index (χ1v) is 8.56. The van der Waals surface area contributed by atoms with Gasteiger partial charge in [-0.25, -0.2) is 4.98 Å². The monoisotopic (exact) mass is 320 g/mol. The summed E-state index contributed by atoms with van der Waals surface area (Å²) in [6.45, 7) is 0.798. The lowest BCUT2D eigenvalue weighted by molar-refractivity contribution is 0.0939. The minimum Gasteiger partial charge on any atom is -0.352 e. The Hall–Kier alpha value is -1.39. The highest BCUT2D eigenvalue weighted by molar-refractivity contribution is 7.13. The van der Waals surface area contributed by atoms with Crippen molar-refractivity contribution >= 4 is 28.8 Å². The molecule has 1 aromatic carbocycles. The van der Waals surface area contributed by atoms with Gasteiger partial charge in [-0.3, -0.25) is 4.79 Å². The van der Waals surface area contributed by atoms with E-state index in [-0.39, 0.29) is 5.91 Å². The van der Waals surface area contributed by atoms with Crippen molar-refractivity contribution in [1.82, 2.24) is 10.3 Å². The lowest BCUT2D eigenvalue weighted by Gasteiger charge is -2.25. The van der Waals surface area contributed by atoms with Crippen LogP contribution in [0.3, 0.4) is 0 Å². The van der Waals surface area contributed by atoms with Crippen LogP contribution in [-0.4, -0.2) is 17.4 Å². The molecule has 0 bridgehead atoms. The topological polar surface area (TPSA) is 42.0 Å². The minimum atomic E-state index is 0.00837. The van der Waals surface area contributed by atoms with Gasteiger partial charge in [-0.1, -0.05) is 18.6 Å². The first-order chi connectivity index (χ1) is 10.3. The summed E-state index contributed by atoms with van der Waals surface area (Å²) in [5.74, 6) is 1.12. The number of nitrogens with zero attached hydrogens (tertiary/aromatic N) is 1. The second-order valence-corrected chi connectivity index (χ2v) is 6.49. The number of rotatable bonds is 5. The number of benzene rings is 1. The van der Waals surface area contributed by atoms with E-state index < -0.39 is 0 Å². The van der Waals surface area contributed by atoms with Crippen molar-refractivity contribution in [1.29, 1.82) is 0 Å². The van der Waals surface area contributed by atoms with E-state index in [0.29, 0.717) is 17.4 Å². The molecule has 0 unspecified atom stereocenters. The molecule has 1 amide bonds. The summed E-state index contributed by atoms with van der Waals surface area (Å²) < 4.78 is 0. The van der Waals surface area contributed by atoms with Gasteiger partial charge in [0.15, 0.2) is 0 Å². The molecule has 110 valence electrons. The van der Waals surface area contributed by atoms with Gasteiger partial charge in [-0.05, 0) is 30.9 Å². The molecular weight excluding hydrogens is 304 g/mol. The molecule has 1 aliphatic rings. The standard InChI is InChI=1S/C16H17ClN2OS/c17-8-14-10-21-16(19-14)13-6-4-12(5-7-13)15(20)18-9-11-2-1-3-11/h4-7,10-11H,1-3,8-9H2,(H,18,20). The average Bonchev–Trinajstić information content (AvgIpc) is 2.94. The summed E-state index contributed by atoms with van der Waals surface area (Å²) in [4.78, 5) is 16.5. The maximum atomic E-state index is 12.0. The number of alkyl halides is 1. The molecule has 2 aromatic rings. The molecule has 1 aliphatic carbocycles. The van der Waals surface area contributed by atoms with E-state index in [2.05, 4.69) is 10.3 Å². The number of carbonyl (C=O) groups is 1. The molecule has 0 aliphatic heterocycles. The van der Waals surface area contributed by atoms with Gasteiger partial charge in [0.2, 0.25) is 0 Å². The third-order valence-corrected chi connectivity index (χ3v) is 5.07. The summed E-state index contributed by atoms with van der Waals surface area (Å²) >= 11 is 7.33. The van der Waals surface area contributed by atoms with Gasteiger partial charge in [0.1, 0.15) is 5.01 Å². The zero-order chi connectivity index (χ0) is 14.7. The van der Waals surface area contributed by atoms with Crippen molar-refractivity contribution < 1.29 is 4.79 Å². The molecule has 5 heteroatoms. The lowest BCUT2D eigenvalue weighted by atomic mass is 9.85. The largest absolute Gasteiger partial charge is 0.352 e. The van der Waals surface area contributed by atoms with Crippen molar-refractivity contribution in [2.75, 3.05) is 6.54 Å². The Bertz CT molecular complexity index is 619. The Morgan fingerprint density at radius 2 is 2.10 bits per heavy atom. The fraction of sp³-hybridized carbons (Fsp3) is 0.375. The Balaban J connectivity index is 1.63. The van der Waals surface area contributed by atoms with Gasteiger partial charge in [-0.2, -0.15) is 0 Å². The van der Waals surface area contributed by atoms with Crippen molar-refractivity contribution in [2.45, 2.75) is 25.1 Å². The van der Waals surface area contributed by atoms with Crippen LogP contribution in [0.15, 0.2) is 29.6 Å². The number of amides is 1. The molecule has 1 saturated carbocycles. The zero-order valence-electron chi connectivity index (χ0n) is 11.6. The second kappa shape index (κ2) is 6.58. The van der Waals surface area contributed by atoms with Gasteiger partial charge in [0.25, 0.3) is 5.91 Å². The van der Waals surface area contributed by atoms with Gasteiger partial charge in [0.05, 0.1) is 11.6 Å². The average molecular weight is 321 g/mol. The third-order valence-electron chi connectivity index (χ3n) is 3.86. The normalized spacial score (nSPS) is 14.7. The fourth-order valence-corrected chi connectivity index (χ4v) is 3.36. The quantitative estimate of drug-likeness (QED) is 0.843. The smallest absolute Gasteiger partial charge is 0.251 e. The molecule has 0 spiro atoms. The SMILES string of the molecule is O=C(NCC1CCC1)c1ccc(-c2nc(CCl)cs2)cc1. The third kappa shape index (κ3) is 3.44. The van der Waals surface area contributed by atoms with Crippen LogP contribution in [0.5, 0.6) is 0 Å². The van der Waals surface area contributed by atoms with Crippen molar-refractivity contribution in [3.63, 3.8) is 0 Å². The summed E-state index contributed by atoms with van der Waals surface area (Å²) in [7, 11) is 0. The van der Waals surface area contributed by atoms with Crippen LogP contribution < -0.4 is 5.32 Å². The summed E-state index contributed by atoms with van der Waals surface area (Å²) in [5.41, 5.74) is 2.61. The molecule has 21 heavy (non-hydrogen) atoms. The number of hydrogen-bond donors (Lipinski definition) is 1. The number of thiazole rings is 1. The highest BCUT2D eigenvalue weighted by Gasteiger charge is 2.18. The summed E-state index contributed by atoms with van der Waals surface area (Å²) in [6.07, 6.45) is 3.78. The fourth-order valence-electron chi connectivity index (χ4n) is 2.30. The Labute approximate surface area is 133 Å². The van der Waals surface area contributed by atoms with Gasteiger partial charge in [0, 0.05) is 23.1 Å². The summed E-state index contributed by atoms with van der Waals surface area (Å²) in [5, 5.41) is 5.90. The lowest BCUT2D eigenvalue weighted by Crippen LogP contribution is -2.32. The van der Waals surface area contributed by atoms with Crippen LogP contribution in [-0.2, 0) is 5.88 Å². The number of carbonyl (C=O) groups excluding carboxylic acids is 1. The number of hydrogen-bond acceptors (Lipinski definition) is 3. The highest BCUT2D eigenvalue weighted by atomic mass is 35.5. The molecule has 3 nitrogen and oxygen atoms in total. The van der Waals surface area contributed by atoms with Crippen LogP contribution in [0.25, 0.3) is 10.6 Å². The highest BCUT2D eigenvalue weighted by Crippen LogP contribution is 2.26. The van der Waals surface area contributed by atoms with Gasteiger partial charge in [-0.15, -0.1) is 22.9 Å². The van der Waals surface area contributed by atoms with E-state index in [1.54, 1.807) is 11.3 Å². The van der Waals surface area contributed by atoms with E-state index >= 15 is 0 Å². The summed E-state index contributed by atoms with van der Waals surface area (Å²) in [6, 6.07) is 7.59. The van der Waals surface area contributed by atoms with Gasteiger partial charge >= 0.3 is 0 Å². The molecule has 1 aromatic heterocycles. The number of aromatic nitrogens is 1. The predicted octanol–water partition coefficient (Wildman–Crippen LogP) is 4.08. The van der Waals surface area contributed by atoms with Crippen molar-refractivity contribution in [3.05, 3.63) is 40.9 Å². The Morgan fingerprint density at radius 3 is 2.67 bits per heavy atom. The first kappa shape index (κ1) is 14.5. The Morgan fingerprint density at radius 1 is 1.33 bits per heavy atom. The van der Waals surface area contributed by atoms with Crippen LogP contribution in [0.2, 0.25) is 0 Å². The molecule has 3 rings (SSSR count). The van der Waals surface area contributed by atoms with Crippen LogP contribution >= 0.6 is 22.9 Å². The first-order valence-electron chi connectivity index (χ1n) is 7.15. The van der Waals surface area contributed by atoms with Crippen LogP contribution in [0.1, 0.15) is 35.3 Å². The second-order valence-electron chi connectivity index (χ2n) is 5.36. The van der Waals surface area contributed by atoms with Crippen LogP contribution in [0.4, 0.5) is 0 Å². The van der Waals surface area contributed by atoms with E-state index in [9.17, 15) is 4.79 Å². The van der Waals surface area contributed by atoms with Gasteiger partial charge < -0.3 is 5.32 Å². The maximum absolute atomic E-state index is 12.0. The van der Waals surface area contributed by atoms with Crippen molar-refractivity contribution in [2.24, 2.45) is 5.92 Å². The Kier molecular flexibility index (Phi) is 4.56. The molecule has 1 fully saturated rings. The molecular formula is C16H17ClN2OS.